The lowest BCUT2D eigenvalue weighted by molar-refractivity contribution is -0.117. The van der Waals surface area contributed by atoms with Gasteiger partial charge in [0.2, 0.25) is 5.91 Å². The molecule has 1 aromatic carbocycles. The average Bonchev–Trinajstić information content (AvgIpc) is 2.45. The van der Waals surface area contributed by atoms with Gasteiger partial charge in [0.1, 0.15) is 13.2 Å². The number of imide groups is 1. The molecular formula is C13H15NO5S. The molecule has 0 aliphatic carbocycles. The lowest BCUT2D eigenvalue weighted by Crippen LogP contribution is -2.32. The Morgan fingerprint density at radius 2 is 2.05 bits per heavy atom. The molecule has 1 aromatic rings. The van der Waals surface area contributed by atoms with Crippen molar-refractivity contribution in [3.05, 3.63) is 18.2 Å². The normalized spacial score (nSPS) is 12.7. The summed E-state index contributed by atoms with van der Waals surface area (Å²) in [4.78, 5) is 23.4. The number of carbonyl (C=O) groups is 2. The number of thioether (sulfide) groups is 1. The summed E-state index contributed by atoms with van der Waals surface area (Å²) in [5.41, 5.74) is 0. The van der Waals surface area contributed by atoms with E-state index in [1.54, 1.807) is 13.0 Å². The van der Waals surface area contributed by atoms with Crippen molar-refractivity contribution in [2.24, 2.45) is 0 Å². The molecule has 0 unspecified atom stereocenters. The third kappa shape index (κ3) is 4.06. The van der Waals surface area contributed by atoms with Gasteiger partial charge in [0.05, 0.1) is 12.4 Å². The maximum Gasteiger partial charge on any atom is 0.413 e. The molecule has 108 valence electrons. The van der Waals surface area contributed by atoms with E-state index in [2.05, 4.69) is 10.1 Å². The lowest BCUT2D eigenvalue weighted by atomic mass is 10.3. The van der Waals surface area contributed by atoms with Crippen LogP contribution in [0.5, 0.6) is 11.5 Å². The number of amides is 2. The predicted molar refractivity (Wildman–Crippen MR) is 73.3 cm³/mol. The zero-order valence-electron chi connectivity index (χ0n) is 11.0. The molecule has 0 saturated carbocycles. The quantitative estimate of drug-likeness (QED) is 0.855. The molecule has 6 nitrogen and oxygen atoms in total. The van der Waals surface area contributed by atoms with Gasteiger partial charge in [-0.25, -0.2) is 4.79 Å². The molecule has 1 heterocycles. The molecule has 0 spiro atoms. The molecule has 1 N–H and O–H groups in total. The van der Waals surface area contributed by atoms with Crippen molar-refractivity contribution in [1.29, 1.82) is 0 Å². The van der Waals surface area contributed by atoms with E-state index in [1.165, 1.54) is 11.8 Å². The minimum absolute atomic E-state index is 0.123. The number of carbonyl (C=O) groups excluding carboxylic acids is 2. The van der Waals surface area contributed by atoms with Gasteiger partial charge in [0, 0.05) is 4.90 Å². The van der Waals surface area contributed by atoms with Crippen molar-refractivity contribution in [2.75, 3.05) is 25.6 Å². The maximum absolute atomic E-state index is 11.5. The van der Waals surface area contributed by atoms with E-state index in [9.17, 15) is 9.59 Å². The van der Waals surface area contributed by atoms with Crippen LogP contribution < -0.4 is 14.8 Å². The van der Waals surface area contributed by atoms with Gasteiger partial charge in [-0.3, -0.25) is 10.1 Å². The largest absolute Gasteiger partial charge is 0.486 e. The monoisotopic (exact) mass is 297 g/mol. The molecular weight excluding hydrogens is 282 g/mol. The second kappa shape index (κ2) is 7.04. The molecule has 0 radical (unpaired) electrons. The van der Waals surface area contributed by atoms with Crippen LogP contribution in [-0.4, -0.2) is 37.6 Å². The molecule has 1 aliphatic heterocycles. The van der Waals surface area contributed by atoms with Crippen molar-refractivity contribution in [3.8, 4) is 11.5 Å². The first kappa shape index (κ1) is 14.5. The molecule has 0 fully saturated rings. The summed E-state index contributed by atoms with van der Waals surface area (Å²) in [5, 5.41) is 2.14. The molecule has 1 aliphatic rings. The summed E-state index contributed by atoms with van der Waals surface area (Å²) in [7, 11) is 0. The van der Waals surface area contributed by atoms with Crippen LogP contribution in [0.3, 0.4) is 0 Å². The summed E-state index contributed by atoms with van der Waals surface area (Å²) in [5.74, 6) is 1.10. The van der Waals surface area contributed by atoms with Crippen LogP contribution in [0, 0.1) is 0 Å². The maximum atomic E-state index is 11.5. The van der Waals surface area contributed by atoms with Crippen LogP contribution in [0.15, 0.2) is 23.1 Å². The number of fused-ring (bicyclic) bond motifs is 1. The molecule has 2 rings (SSSR count). The zero-order chi connectivity index (χ0) is 14.4. The van der Waals surface area contributed by atoms with Crippen LogP contribution in [-0.2, 0) is 9.53 Å². The molecule has 0 bridgehead atoms. The highest BCUT2D eigenvalue weighted by molar-refractivity contribution is 8.00. The fraction of sp³-hybridized carbons (Fsp3) is 0.385. The van der Waals surface area contributed by atoms with Gasteiger partial charge in [-0.1, -0.05) is 0 Å². The van der Waals surface area contributed by atoms with E-state index in [4.69, 9.17) is 9.47 Å². The van der Waals surface area contributed by atoms with Gasteiger partial charge in [-0.15, -0.1) is 11.8 Å². The van der Waals surface area contributed by atoms with Gasteiger partial charge < -0.3 is 14.2 Å². The van der Waals surface area contributed by atoms with E-state index in [0.717, 1.165) is 4.90 Å². The Hall–Kier alpha value is -1.89. The van der Waals surface area contributed by atoms with Gasteiger partial charge in [0.15, 0.2) is 11.5 Å². The first-order valence-corrected chi connectivity index (χ1v) is 7.16. The SMILES string of the molecule is CCOC(=O)NC(=O)CSc1ccc2c(c1)OCCO2. The Morgan fingerprint density at radius 1 is 1.30 bits per heavy atom. The zero-order valence-corrected chi connectivity index (χ0v) is 11.8. The first-order chi connectivity index (χ1) is 9.69. The highest BCUT2D eigenvalue weighted by Gasteiger charge is 2.13. The number of rotatable bonds is 4. The standard InChI is InChI=1S/C13H15NO5S/c1-2-17-13(16)14-12(15)8-20-9-3-4-10-11(7-9)19-6-5-18-10/h3-4,7H,2,5-6,8H2,1H3,(H,14,15,16). The molecule has 0 atom stereocenters. The third-order valence-electron chi connectivity index (χ3n) is 2.40. The number of hydrogen-bond acceptors (Lipinski definition) is 6. The summed E-state index contributed by atoms with van der Waals surface area (Å²) in [6, 6.07) is 5.46. The first-order valence-electron chi connectivity index (χ1n) is 6.18. The summed E-state index contributed by atoms with van der Waals surface area (Å²) in [6.45, 7) is 2.97. The highest BCUT2D eigenvalue weighted by Crippen LogP contribution is 2.33. The number of ether oxygens (including phenoxy) is 3. The van der Waals surface area contributed by atoms with Crippen molar-refractivity contribution < 1.29 is 23.8 Å². The smallest absolute Gasteiger partial charge is 0.413 e. The van der Waals surface area contributed by atoms with Gasteiger partial charge in [0.25, 0.3) is 0 Å². The fourth-order valence-corrected chi connectivity index (χ4v) is 2.30. The fourth-order valence-electron chi connectivity index (χ4n) is 1.58. The molecule has 0 aromatic heterocycles. The second-order valence-corrected chi connectivity index (χ2v) is 4.91. The van der Waals surface area contributed by atoms with E-state index >= 15 is 0 Å². The minimum atomic E-state index is -0.722. The van der Waals surface area contributed by atoms with Crippen LogP contribution in [0.1, 0.15) is 6.92 Å². The number of alkyl carbamates (subject to hydrolysis) is 1. The van der Waals surface area contributed by atoms with Crippen LogP contribution >= 0.6 is 11.8 Å². The Labute approximate surface area is 120 Å². The topological polar surface area (TPSA) is 73.9 Å². The van der Waals surface area contributed by atoms with E-state index in [1.807, 2.05) is 12.1 Å². The van der Waals surface area contributed by atoms with Crippen molar-refractivity contribution in [2.45, 2.75) is 11.8 Å². The van der Waals surface area contributed by atoms with E-state index in [-0.39, 0.29) is 12.4 Å². The Bertz CT molecular complexity index is 506. The van der Waals surface area contributed by atoms with Crippen LogP contribution in [0.4, 0.5) is 4.79 Å². The van der Waals surface area contributed by atoms with E-state index < -0.39 is 12.0 Å². The minimum Gasteiger partial charge on any atom is -0.486 e. The Kier molecular flexibility index (Phi) is 5.11. The van der Waals surface area contributed by atoms with Crippen molar-refractivity contribution in [3.63, 3.8) is 0 Å². The second-order valence-electron chi connectivity index (χ2n) is 3.86. The molecule has 2 amide bonds. The number of benzene rings is 1. The Balaban J connectivity index is 1.84. The van der Waals surface area contributed by atoms with Crippen LogP contribution in [0.25, 0.3) is 0 Å². The molecule has 7 heteroatoms. The summed E-state index contributed by atoms with van der Waals surface area (Å²) in [6.07, 6.45) is -0.722. The number of hydrogen-bond donors (Lipinski definition) is 1. The van der Waals surface area contributed by atoms with Gasteiger partial charge in [-0.2, -0.15) is 0 Å². The van der Waals surface area contributed by atoms with Crippen LogP contribution in [0.2, 0.25) is 0 Å². The third-order valence-corrected chi connectivity index (χ3v) is 3.39. The van der Waals surface area contributed by atoms with Gasteiger partial charge >= 0.3 is 6.09 Å². The molecule has 0 saturated heterocycles. The average molecular weight is 297 g/mol. The van der Waals surface area contributed by atoms with Crippen molar-refractivity contribution >= 4 is 23.8 Å². The Morgan fingerprint density at radius 3 is 2.80 bits per heavy atom. The summed E-state index contributed by atoms with van der Waals surface area (Å²) >= 11 is 1.31. The van der Waals surface area contributed by atoms with Gasteiger partial charge in [-0.05, 0) is 25.1 Å². The predicted octanol–water partition coefficient (Wildman–Crippen LogP) is 1.82. The van der Waals surface area contributed by atoms with E-state index in [0.29, 0.717) is 24.7 Å². The lowest BCUT2D eigenvalue weighted by Gasteiger charge is -2.18. The van der Waals surface area contributed by atoms with Crippen molar-refractivity contribution in [1.82, 2.24) is 5.32 Å². The summed E-state index contributed by atoms with van der Waals surface area (Å²) < 4.78 is 15.5. The molecule has 20 heavy (non-hydrogen) atoms. The highest BCUT2D eigenvalue weighted by atomic mass is 32.2. The number of nitrogens with one attached hydrogen (secondary N) is 1.